The minimum atomic E-state index is -0.973. The van der Waals surface area contributed by atoms with Crippen molar-refractivity contribution in [3.05, 3.63) is 107 Å². The number of rotatable bonds is 7. The molecule has 0 aliphatic heterocycles. The van der Waals surface area contributed by atoms with Gasteiger partial charge in [-0.25, -0.2) is 4.79 Å². The molecule has 4 nitrogen and oxygen atoms in total. The summed E-state index contributed by atoms with van der Waals surface area (Å²) in [6, 6.07) is 18.8. The fraction of sp³-hybridized carbons (Fsp3) is 0.0833. The second-order valence-corrected chi connectivity index (χ2v) is 6.49. The molecular weight excluding hydrogens is 350 g/mol. The monoisotopic (exact) mass is 371 g/mol. The van der Waals surface area contributed by atoms with E-state index in [0.717, 1.165) is 22.8 Å². The van der Waals surface area contributed by atoms with Gasteiger partial charge >= 0.3 is 5.97 Å². The smallest absolute Gasteiger partial charge is 0.328 e. The van der Waals surface area contributed by atoms with E-state index in [9.17, 15) is 9.59 Å². The Labute approximate surface area is 164 Å². The van der Waals surface area contributed by atoms with E-state index in [-0.39, 0.29) is 5.78 Å². The van der Waals surface area contributed by atoms with Crippen LogP contribution in [0.25, 0.3) is 12.2 Å². The van der Waals surface area contributed by atoms with Gasteiger partial charge in [0.25, 0.3) is 0 Å². The van der Waals surface area contributed by atoms with Gasteiger partial charge in [0.15, 0.2) is 0 Å². The lowest BCUT2D eigenvalue weighted by Gasteiger charge is -2.06. The molecule has 28 heavy (non-hydrogen) atoms. The van der Waals surface area contributed by atoms with E-state index in [1.54, 1.807) is 6.08 Å². The number of aliphatic carboxylic acids is 1. The van der Waals surface area contributed by atoms with Crippen molar-refractivity contribution in [3.8, 4) is 0 Å². The SMILES string of the molecule is Cc1ccc(C(=O)c2cccn2CC=Cc2cccc(C=CC(=O)O)c2)cc1. The number of carbonyl (C=O) groups excluding carboxylic acids is 1. The zero-order valence-electron chi connectivity index (χ0n) is 15.6. The molecule has 0 amide bonds. The van der Waals surface area contributed by atoms with Crippen LogP contribution in [0.5, 0.6) is 0 Å². The van der Waals surface area contributed by atoms with Crippen molar-refractivity contribution in [1.29, 1.82) is 0 Å². The summed E-state index contributed by atoms with van der Waals surface area (Å²) in [5.74, 6) is -0.974. The normalized spacial score (nSPS) is 11.3. The van der Waals surface area contributed by atoms with E-state index in [2.05, 4.69) is 0 Å². The average Bonchev–Trinajstić information content (AvgIpc) is 3.15. The minimum absolute atomic E-state index is 0.000736. The van der Waals surface area contributed by atoms with Crippen LogP contribution >= 0.6 is 0 Å². The molecule has 4 heteroatoms. The summed E-state index contributed by atoms with van der Waals surface area (Å²) < 4.78 is 1.91. The molecule has 0 atom stereocenters. The molecule has 140 valence electrons. The van der Waals surface area contributed by atoms with Gasteiger partial charge in [-0.15, -0.1) is 0 Å². The standard InChI is InChI=1S/C24H21NO3/c1-18-9-12-21(13-10-18)24(28)22-8-4-16-25(22)15-3-7-19-5-2-6-20(17-19)11-14-23(26)27/h2-14,16-17H,15H2,1H3,(H,26,27). The molecule has 3 aromatic rings. The number of ketones is 1. The van der Waals surface area contributed by atoms with Gasteiger partial charge in [0, 0.05) is 24.4 Å². The lowest BCUT2D eigenvalue weighted by molar-refractivity contribution is -0.131. The van der Waals surface area contributed by atoms with Gasteiger partial charge in [0.1, 0.15) is 0 Å². The van der Waals surface area contributed by atoms with Gasteiger partial charge < -0.3 is 9.67 Å². The molecular formula is C24H21NO3. The summed E-state index contributed by atoms with van der Waals surface area (Å²) >= 11 is 0. The Kier molecular flexibility index (Phi) is 6.02. The predicted octanol–water partition coefficient (Wildman–Crippen LogP) is 4.84. The highest BCUT2D eigenvalue weighted by molar-refractivity contribution is 6.08. The molecule has 0 bridgehead atoms. The third kappa shape index (κ3) is 4.95. The summed E-state index contributed by atoms with van der Waals surface area (Å²) in [4.78, 5) is 23.4. The van der Waals surface area contributed by atoms with Crippen LogP contribution < -0.4 is 0 Å². The van der Waals surface area contributed by atoms with Crippen LogP contribution in [0.15, 0.2) is 79.0 Å². The van der Waals surface area contributed by atoms with E-state index in [4.69, 9.17) is 5.11 Å². The highest BCUT2D eigenvalue weighted by atomic mass is 16.4. The van der Waals surface area contributed by atoms with Crippen molar-refractivity contribution >= 4 is 23.9 Å². The number of hydrogen-bond donors (Lipinski definition) is 1. The van der Waals surface area contributed by atoms with Crippen LogP contribution in [0.3, 0.4) is 0 Å². The van der Waals surface area contributed by atoms with E-state index < -0.39 is 5.97 Å². The summed E-state index contributed by atoms with van der Waals surface area (Å²) in [5, 5.41) is 8.73. The molecule has 0 fully saturated rings. The third-order valence-corrected chi connectivity index (χ3v) is 4.32. The highest BCUT2D eigenvalue weighted by Crippen LogP contribution is 2.13. The van der Waals surface area contributed by atoms with Crippen LogP contribution in [0.1, 0.15) is 32.7 Å². The number of hydrogen-bond acceptors (Lipinski definition) is 2. The topological polar surface area (TPSA) is 59.3 Å². The van der Waals surface area contributed by atoms with E-state index in [0.29, 0.717) is 17.8 Å². The zero-order chi connectivity index (χ0) is 19.9. The number of allylic oxidation sites excluding steroid dienone is 1. The second kappa shape index (κ2) is 8.82. The highest BCUT2D eigenvalue weighted by Gasteiger charge is 2.12. The molecule has 1 heterocycles. The first kappa shape index (κ1) is 19.1. The maximum Gasteiger partial charge on any atom is 0.328 e. The van der Waals surface area contributed by atoms with E-state index >= 15 is 0 Å². The molecule has 3 rings (SSSR count). The average molecular weight is 371 g/mol. The number of benzene rings is 2. The maximum absolute atomic E-state index is 12.7. The van der Waals surface area contributed by atoms with E-state index in [1.165, 1.54) is 0 Å². The predicted molar refractivity (Wildman–Crippen MR) is 111 cm³/mol. The third-order valence-electron chi connectivity index (χ3n) is 4.32. The summed E-state index contributed by atoms with van der Waals surface area (Å²) in [6.45, 7) is 2.56. The lowest BCUT2D eigenvalue weighted by atomic mass is 10.1. The molecule has 0 radical (unpaired) electrons. The Bertz CT molecular complexity index is 1040. The van der Waals surface area contributed by atoms with Gasteiger partial charge in [-0.2, -0.15) is 0 Å². The number of aromatic nitrogens is 1. The molecule has 2 aromatic carbocycles. The number of carboxylic acid groups (broad SMARTS) is 1. The minimum Gasteiger partial charge on any atom is -0.478 e. The Balaban J connectivity index is 1.71. The number of carboxylic acids is 1. The van der Waals surface area contributed by atoms with Crippen molar-refractivity contribution in [2.45, 2.75) is 13.5 Å². The van der Waals surface area contributed by atoms with Crippen molar-refractivity contribution in [2.24, 2.45) is 0 Å². The number of aryl methyl sites for hydroxylation is 1. The van der Waals surface area contributed by atoms with Gasteiger partial charge in [0.2, 0.25) is 5.78 Å². The Morgan fingerprint density at radius 1 is 0.964 bits per heavy atom. The Hall–Kier alpha value is -3.66. The quantitative estimate of drug-likeness (QED) is 0.478. The molecule has 1 aromatic heterocycles. The number of nitrogens with zero attached hydrogens (tertiary/aromatic N) is 1. The molecule has 0 saturated heterocycles. The molecule has 0 aliphatic rings. The van der Waals surface area contributed by atoms with Crippen LogP contribution in [0, 0.1) is 6.92 Å². The number of carbonyl (C=O) groups is 2. The van der Waals surface area contributed by atoms with Crippen molar-refractivity contribution in [1.82, 2.24) is 4.57 Å². The maximum atomic E-state index is 12.7. The second-order valence-electron chi connectivity index (χ2n) is 6.49. The molecule has 0 saturated carbocycles. The summed E-state index contributed by atoms with van der Waals surface area (Å²) in [5.41, 5.74) is 4.22. The van der Waals surface area contributed by atoms with E-state index in [1.807, 2.05) is 90.5 Å². The lowest BCUT2D eigenvalue weighted by Crippen LogP contribution is -2.09. The molecule has 0 spiro atoms. The van der Waals surface area contributed by atoms with Crippen LogP contribution in [0.2, 0.25) is 0 Å². The van der Waals surface area contributed by atoms with Crippen molar-refractivity contribution in [2.75, 3.05) is 0 Å². The van der Waals surface area contributed by atoms with Gasteiger partial charge in [-0.3, -0.25) is 4.79 Å². The fourth-order valence-electron chi connectivity index (χ4n) is 2.87. The Morgan fingerprint density at radius 2 is 1.68 bits per heavy atom. The largest absolute Gasteiger partial charge is 0.478 e. The van der Waals surface area contributed by atoms with Crippen molar-refractivity contribution < 1.29 is 14.7 Å². The first-order valence-electron chi connectivity index (χ1n) is 8.97. The molecule has 0 aliphatic carbocycles. The first-order valence-corrected chi connectivity index (χ1v) is 8.97. The molecule has 0 unspecified atom stereocenters. The van der Waals surface area contributed by atoms with Crippen LogP contribution in [-0.4, -0.2) is 21.4 Å². The Morgan fingerprint density at radius 3 is 2.39 bits per heavy atom. The van der Waals surface area contributed by atoms with Crippen LogP contribution in [-0.2, 0) is 11.3 Å². The fourth-order valence-corrected chi connectivity index (χ4v) is 2.87. The van der Waals surface area contributed by atoms with Gasteiger partial charge in [-0.1, -0.05) is 60.2 Å². The molecule has 1 N–H and O–H groups in total. The summed E-state index contributed by atoms with van der Waals surface area (Å²) in [7, 11) is 0. The first-order chi connectivity index (χ1) is 13.5. The van der Waals surface area contributed by atoms with Crippen molar-refractivity contribution in [3.63, 3.8) is 0 Å². The van der Waals surface area contributed by atoms with Gasteiger partial charge in [0.05, 0.1) is 5.69 Å². The zero-order valence-corrected chi connectivity index (χ0v) is 15.6. The summed E-state index contributed by atoms with van der Waals surface area (Å²) in [6.07, 6.45) is 8.50. The van der Waals surface area contributed by atoms with Gasteiger partial charge in [-0.05, 0) is 42.3 Å². The van der Waals surface area contributed by atoms with Crippen LogP contribution in [0.4, 0.5) is 0 Å².